The summed E-state index contributed by atoms with van der Waals surface area (Å²) in [5, 5.41) is 11.7. The van der Waals surface area contributed by atoms with E-state index in [0.717, 1.165) is 22.5 Å². The Hall–Kier alpha value is -3.34. The molecule has 0 radical (unpaired) electrons. The minimum Gasteiger partial charge on any atom is -0.378 e. The maximum Gasteiger partial charge on any atom is 0.273 e. The predicted molar refractivity (Wildman–Crippen MR) is 116 cm³/mol. The highest BCUT2D eigenvalue weighted by atomic mass is 16.6. The molecular formula is C23H25N3O2. The van der Waals surface area contributed by atoms with Crippen molar-refractivity contribution in [2.24, 2.45) is 0 Å². The van der Waals surface area contributed by atoms with Crippen molar-refractivity contribution < 1.29 is 4.92 Å². The first-order valence-corrected chi connectivity index (χ1v) is 9.16. The van der Waals surface area contributed by atoms with E-state index in [-0.39, 0.29) is 16.5 Å². The second kappa shape index (κ2) is 8.13. The van der Waals surface area contributed by atoms with E-state index in [4.69, 9.17) is 0 Å². The van der Waals surface area contributed by atoms with Gasteiger partial charge in [-0.3, -0.25) is 10.1 Å². The van der Waals surface area contributed by atoms with Gasteiger partial charge in [0, 0.05) is 57.1 Å². The molecule has 0 saturated carbocycles. The monoisotopic (exact) mass is 375 g/mol. The summed E-state index contributed by atoms with van der Waals surface area (Å²) in [6.45, 7) is 0. The van der Waals surface area contributed by atoms with Crippen LogP contribution in [-0.4, -0.2) is 33.1 Å². The minimum atomic E-state index is -0.301. The fourth-order valence-corrected chi connectivity index (χ4v) is 3.38. The van der Waals surface area contributed by atoms with Crippen molar-refractivity contribution in [3.63, 3.8) is 0 Å². The van der Waals surface area contributed by atoms with E-state index in [0.29, 0.717) is 5.56 Å². The Balaban J connectivity index is 2.15. The lowest BCUT2D eigenvalue weighted by Crippen LogP contribution is -2.11. The van der Waals surface area contributed by atoms with Crippen LogP contribution in [0, 0.1) is 10.1 Å². The van der Waals surface area contributed by atoms with Gasteiger partial charge in [0.1, 0.15) is 0 Å². The first-order chi connectivity index (χ1) is 13.4. The van der Waals surface area contributed by atoms with E-state index >= 15 is 0 Å². The van der Waals surface area contributed by atoms with Gasteiger partial charge < -0.3 is 9.80 Å². The fourth-order valence-electron chi connectivity index (χ4n) is 3.38. The van der Waals surface area contributed by atoms with Gasteiger partial charge in [-0.15, -0.1) is 0 Å². The minimum absolute atomic E-state index is 0.140. The molecule has 0 heterocycles. The van der Waals surface area contributed by atoms with Crippen molar-refractivity contribution in [1.29, 1.82) is 0 Å². The topological polar surface area (TPSA) is 49.6 Å². The molecule has 0 aliphatic heterocycles. The maximum atomic E-state index is 11.7. The maximum absolute atomic E-state index is 11.7. The molecule has 0 amide bonds. The van der Waals surface area contributed by atoms with Crippen LogP contribution in [0.2, 0.25) is 0 Å². The lowest BCUT2D eigenvalue weighted by atomic mass is 9.84. The number of hydrogen-bond acceptors (Lipinski definition) is 4. The summed E-state index contributed by atoms with van der Waals surface area (Å²) >= 11 is 0. The van der Waals surface area contributed by atoms with Crippen LogP contribution >= 0.6 is 0 Å². The number of nitro benzene ring substituents is 1. The zero-order valence-electron chi connectivity index (χ0n) is 16.7. The lowest BCUT2D eigenvalue weighted by molar-refractivity contribution is -0.385. The van der Waals surface area contributed by atoms with Crippen molar-refractivity contribution in [2.75, 3.05) is 38.0 Å². The van der Waals surface area contributed by atoms with Gasteiger partial charge in [-0.2, -0.15) is 0 Å². The molecule has 3 aromatic rings. The van der Waals surface area contributed by atoms with E-state index in [2.05, 4.69) is 24.3 Å². The molecule has 0 spiro atoms. The van der Waals surface area contributed by atoms with Crippen LogP contribution in [0.4, 0.5) is 17.1 Å². The summed E-state index contributed by atoms with van der Waals surface area (Å²) in [5.41, 5.74) is 5.07. The summed E-state index contributed by atoms with van der Waals surface area (Å²) in [5.74, 6) is -0.214. The number of benzene rings is 3. The van der Waals surface area contributed by atoms with Crippen LogP contribution in [0.1, 0.15) is 22.6 Å². The van der Waals surface area contributed by atoms with Gasteiger partial charge >= 0.3 is 0 Å². The third-order valence-corrected chi connectivity index (χ3v) is 4.93. The predicted octanol–water partition coefficient (Wildman–Crippen LogP) is 4.91. The number of nitrogens with zero attached hydrogens (tertiary/aromatic N) is 3. The summed E-state index contributed by atoms with van der Waals surface area (Å²) in [6, 6.07) is 23.4. The molecule has 5 heteroatoms. The lowest BCUT2D eigenvalue weighted by Gasteiger charge is -2.21. The van der Waals surface area contributed by atoms with Crippen LogP contribution in [0.15, 0.2) is 72.8 Å². The molecule has 0 unspecified atom stereocenters. The zero-order valence-corrected chi connectivity index (χ0v) is 16.7. The molecule has 0 bridgehead atoms. The van der Waals surface area contributed by atoms with Crippen LogP contribution in [0.25, 0.3) is 0 Å². The van der Waals surface area contributed by atoms with Gasteiger partial charge in [0.15, 0.2) is 0 Å². The summed E-state index contributed by atoms with van der Waals surface area (Å²) < 4.78 is 0. The third-order valence-electron chi connectivity index (χ3n) is 4.93. The molecular weight excluding hydrogens is 350 g/mol. The number of para-hydroxylation sites is 1. The number of hydrogen-bond donors (Lipinski definition) is 0. The number of anilines is 2. The van der Waals surface area contributed by atoms with Crippen molar-refractivity contribution in [1.82, 2.24) is 0 Å². The Bertz CT molecular complexity index is 897. The van der Waals surface area contributed by atoms with E-state index in [9.17, 15) is 10.1 Å². The first-order valence-electron chi connectivity index (χ1n) is 9.16. The van der Waals surface area contributed by atoms with Gasteiger partial charge in [-0.25, -0.2) is 0 Å². The van der Waals surface area contributed by atoms with Gasteiger partial charge in [-0.05, 0) is 35.4 Å². The van der Waals surface area contributed by atoms with Crippen molar-refractivity contribution in [2.45, 2.75) is 5.92 Å². The van der Waals surface area contributed by atoms with E-state index < -0.39 is 0 Å². The normalized spacial score (nSPS) is 10.8. The Labute approximate surface area is 166 Å². The van der Waals surface area contributed by atoms with Gasteiger partial charge in [0.2, 0.25) is 0 Å². The quantitative estimate of drug-likeness (QED) is 0.349. The standard InChI is InChI=1S/C23H25N3O2/c1-24(2)19-13-9-17(10-14-19)23(18-11-15-20(16-12-18)25(3)4)21-7-5-6-8-22(21)26(27)28/h5-16,23H,1-4H3. The van der Waals surface area contributed by atoms with Gasteiger partial charge in [0.05, 0.1) is 4.92 Å². The molecule has 3 rings (SSSR count). The highest BCUT2D eigenvalue weighted by molar-refractivity contribution is 5.56. The molecule has 3 aromatic carbocycles. The molecule has 0 saturated heterocycles. The summed E-state index contributed by atoms with van der Waals surface area (Å²) in [7, 11) is 7.98. The smallest absolute Gasteiger partial charge is 0.273 e. The van der Waals surface area contributed by atoms with E-state index in [1.165, 1.54) is 0 Å². The Morgan fingerprint density at radius 1 is 0.714 bits per heavy atom. The Morgan fingerprint density at radius 2 is 1.14 bits per heavy atom. The molecule has 5 nitrogen and oxygen atoms in total. The SMILES string of the molecule is CN(C)c1ccc(C(c2ccc(N(C)C)cc2)c2ccccc2[N+](=O)[O-])cc1. The second-order valence-electron chi connectivity index (χ2n) is 7.22. The van der Waals surface area contributed by atoms with Crippen LogP contribution in [0.3, 0.4) is 0 Å². The second-order valence-corrected chi connectivity index (χ2v) is 7.22. The highest BCUT2D eigenvalue weighted by Crippen LogP contribution is 2.38. The molecule has 28 heavy (non-hydrogen) atoms. The van der Waals surface area contributed by atoms with Crippen molar-refractivity contribution >= 4 is 17.1 Å². The zero-order chi connectivity index (χ0) is 20.3. The molecule has 0 aromatic heterocycles. The summed E-state index contributed by atoms with van der Waals surface area (Å²) in [6.07, 6.45) is 0. The largest absolute Gasteiger partial charge is 0.378 e. The van der Waals surface area contributed by atoms with Crippen LogP contribution in [0.5, 0.6) is 0 Å². The number of nitro groups is 1. The average molecular weight is 375 g/mol. The molecule has 0 aliphatic carbocycles. The Kier molecular flexibility index (Phi) is 5.64. The molecule has 0 atom stereocenters. The third kappa shape index (κ3) is 3.98. The van der Waals surface area contributed by atoms with Gasteiger partial charge in [0.25, 0.3) is 5.69 Å². The fraction of sp³-hybridized carbons (Fsp3) is 0.217. The molecule has 0 N–H and O–H groups in total. The van der Waals surface area contributed by atoms with E-state index in [1.54, 1.807) is 12.1 Å². The van der Waals surface area contributed by atoms with Gasteiger partial charge in [-0.1, -0.05) is 42.5 Å². The average Bonchev–Trinajstić information content (AvgIpc) is 2.69. The van der Waals surface area contributed by atoms with Crippen molar-refractivity contribution in [3.8, 4) is 0 Å². The summed E-state index contributed by atoms with van der Waals surface area (Å²) in [4.78, 5) is 15.4. The number of rotatable bonds is 6. The molecule has 0 aliphatic rings. The van der Waals surface area contributed by atoms with Crippen molar-refractivity contribution in [3.05, 3.63) is 99.6 Å². The molecule has 144 valence electrons. The van der Waals surface area contributed by atoms with Crippen LogP contribution in [-0.2, 0) is 0 Å². The molecule has 0 fully saturated rings. The first kappa shape index (κ1) is 19.4. The highest BCUT2D eigenvalue weighted by Gasteiger charge is 2.25. The van der Waals surface area contributed by atoms with Crippen LogP contribution < -0.4 is 9.80 Å². The van der Waals surface area contributed by atoms with E-state index in [1.807, 2.05) is 74.4 Å². The Morgan fingerprint density at radius 3 is 1.54 bits per heavy atom.